The lowest BCUT2D eigenvalue weighted by Crippen LogP contribution is -2.36. The molecule has 0 bridgehead atoms. The third-order valence-corrected chi connectivity index (χ3v) is 2.29. The second-order valence-corrected chi connectivity index (χ2v) is 4.49. The molecule has 0 saturated heterocycles. The summed E-state index contributed by atoms with van der Waals surface area (Å²) in [6, 6.07) is -2.02. The molecule has 1 unspecified atom stereocenters. The first-order chi connectivity index (χ1) is 10.7. The highest BCUT2D eigenvalue weighted by Crippen LogP contribution is 2.24. The van der Waals surface area contributed by atoms with E-state index >= 15 is 0 Å². The van der Waals surface area contributed by atoms with Crippen LogP contribution in [0.3, 0.4) is 0 Å². The molecule has 0 rings (SSSR count). The number of esters is 1. The van der Waals surface area contributed by atoms with Gasteiger partial charge in [0.2, 0.25) is 0 Å². The standard InChI is InChI=1S/C13H25NO4/c1-6-7-13(5,8-17-11(4)15)9-18-12(16)14-10(2)3/h10H,6-9H2,1-5H3,(H,14,16)/i2D3,3D3. The van der Waals surface area contributed by atoms with E-state index in [1.54, 1.807) is 6.92 Å². The minimum Gasteiger partial charge on any atom is -0.465 e. The summed E-state index contributed by atoms with van der Waals surface area (Å²) in [5, 5.41) is 1.88. The molecule has 18 heavy (non-hydrogen) atoms. The van der Waals surface area contributed by atoms with Crippen molar-refractivity contribution in [1.82, 2.24) is 5.32 Å². The van der Waals surface area contributed by atoms with E-state index in [-0.39, 0.29) is 13.2 Å². The molecule has 0 radical (unpaired) electrons. The van der Waals surface area contributed by atoms with E-state index in [0.717, 1.165) is 6.42 Å². The first-order valence-corrected chi connectivity index (χ1v) is 5.78. The molecule has 0 heterocycles. The van der Waals surface area contributed by atoms with Gasteiger partial charge in [-0.05, 0) is 20.1 Å². The van der Waals surface area contributed by atoms with Gasteiger partial charge in [0, 0.05) is 26.6 Å². The Hall–Kier alpha value is -1.26. The third kappa shape index (κ3) is 7.92. The number of rotatable bonds is 7. The number of nitrogens with one attached hydrogen (secondary N) is 1. The predicted molar refractivity (Wildman–Crippen MR) is 69.3 cm³/mol. The average molecular weight is 265 g/mol. The molecule has 0 aliphatic carbocycles. The molecule has 0 aliphatic rings. The van der Waals surface area contributed by atoms with E-state index in [9.17, 15) is 9.59 Å². The van der Waals surface area contributed by atoms with Crippen LogP contribution in [0.2, 0.25) is 0 Å². The Morgan fingerprint density at radius 3 is 2.44 bits per heavy atom. The fourth-order valence-corrected chi connectivity index (χ4v) is 1.46. The lowest BCUT2D eigenvalue weighted by Gasteiger charge is -2.28. The van der Waals surface area contributed by atoms with Gasteiger partial charge < -0.3 is 14.8 Å². The fraction of sp³-hybridized carbons (Fsp3) is 0.846. The van der Waals surface area contributed by atoms with Gasteiger partial charge in [-0.2, -0.15) is 0 Å². The maximum absolute atomic E-state index is 11.8. The molecule has 106 valence electrons. The third-order valence-electron chi connectivity index (χ3n) is 2.29. The van der Waals surface area contributed by atoms with Gasteiger partial charge in [0.25, 0.3) is 0 Å². The molecule has 1 N–H and O–H groups in total. The van der Waals surface area contributed by atoms with Crippen molar-refractivity contribution >= 4 is 12.1 Å². The first kappa shape index (κ1) is 8.77. The Morgan fingerprint density at radius 1 is 1.33 bits per heavy atom. The molecule has 0 spiro atoms. The van der Waals surface area contributed by atoms with Gasteiger partial charge in [-0.3, -0.25) is 4.79 Å². The van der Waals surface area contributed by atoms with Crippen LogP contribution in [0.5, 0.6) is 0 Å². The van der Waals surface area contributed by atoms with E-state index in [2.05, 4.69) is 0 Å². The second kappa shape index (κ2) is 7.95. The zero-order valence-corrected chi connectivity index (χ0v) is 11.0. The number of hydrogen-bond donors (Lipinski definition) is 1. The molecule has 0 aromatic carbocycles. The van der Waals surface area contributed by atoms with Gasteiger partial charge in [0.15, 0.2) is 0 Å². The average Bonchev–Trinajstić information content (AvgIpc) is 2.38. The SMILES string of the molecule is [2H]C([2H])([2H])C(NC(=O)OCC(C)(CCC)COC(C)=O)C([2H])([2H])[2H]. The van der Waals surface area contributed by atoms with Crippen LogP contribution >= 0.6 is 0 Å². The van der Waals surface area contributed by atoms with Crippen molar-refractivity contribution in [2.75, 3.05) is 13.2 Å². The van der Waals surface area contributed by atoms with Gasteiger partial charge in [-0.1, -0.05) is 20.3 Å². The van der Waals surface area contributed by atoms with Crippen LogP contribution in [-0.4, -0.2) is 31.3 Å². The molecule has 0 saturated carbocycles. The molecule has 0 aromatic heterocycles. The number of alkyl carbamates (subject to hydrolysis) is 1. The van der Waals surface area contributed by atoms with Crippen LogP contribution in [0.4, 0.5) is 4.79 Å². The van der Waals surface area contributed by atoms with Crippen LogP contribution in [0.15, 0.2) is 0 Å². The van der Waals surface area contributed by atoms with E-state index in [1.165, 1.54) is 6.92 Å². The summed E-state index contributed by atoms with van der Waals surface area (Å²) in [4.78, 5) is 22.7. The van der Waals surface area contributed by atoms with Crippen LogP contribution in [0, 0.1) is 5.41 Å². The van der Waals surface area contributed by atoms with Crippen molar-refractivity contribution in [2.45, 2.75) is 53.4 Å². The minimum absolute atomic E-state index is 0.0332. The van der Waals surface area contributed by atoms with E-state index < -0.39 is 37.2 Å². The molecule has 0 fully saturated rings. The Morgan fingerprint density at radius 2 is 1.94 bits per heavy atom. The lowest BCUT2D eigenvalue weighted by atomic mass is 9.87. The fourth-order valence-electron chi connectivity index (χ4n) is 1.46. The number of carbonyl (C=O) groups excluding carboxylic acids is 2. The topological polar surface area (TPSA) is 64.6 Å². The van der Waals surface area contributed by atoms with Crippen LogP contribution in [0.25, 0.3) is 0 Å². The smallest absolute Gasteiger partial charge is 0.407 e. The van der Waals surface area contributed by atoms with Gasteiger partial charge in [0.1, 0.15) is 6.61 Å². The van der Waals surface area contributed by atoms with Crippen molar-refractivity contribution in [3.63, 3.8) is 0 Å². The van der Waals surface area contributed by atoms with Gasteiger partial charge in [-0.15, -0.1) is 0 Å². The summed E-state index contributed by atoms with van der Waals surface area (Å²) in [7, 11) is 0. The number of hydrogen-bond acceptors (Lipinski definition) is 4. The van der Waals surface area contributed by atoms with Crippen molar-refractivity contribution in [3.8, 4) is 0 Å². The normalized spacial score (nSPS) is 20.2. The summed E-state index contributed by atoms with van der Waals surface area (Å²) in [5.41, 5.74) is -0.646. The Labute approximate surface area is 118 Å². The summed E-state index contributed by atoms with van der Waals surface area (Å²) in [6.45, 7) is -0.982. The van der Waals surface area contributed by atoms with Gasteiger partial charge in [0.05, 0.1) is 6.61 Å². The van der Waals surface area contributed by atoms with E-state index in [0.29, 0.717) is 6.42 Å². The number of ether oxygens (including phenoxy) is 2. The molecule has 0 aromatic rings. The monoisotopic (exact) mass is 265 g/mol. The van der Waals surface area contributed by atoms with Crippen molar-refractivity contribution < 1.29 is 27.3 Å². The zero-order valence-electron chi connectivity index (χ0n) is 17.0. The largest absolute Gasteiger partial charge is 0.465 e. The first-order valence-electron chi connectivity index (χ1n) is 8.78. The maximum Gasteiger partial charge on any atom is 0.407 e. The minimum atomic E-state index is -2.89. The highest BCUT2D eigenvalue weighted by atomic mass is 16.6. The molecule has 5 nitrogen and oxygen atoms in total. The molecule has 1 atom stereocenters. The van der Waals surface area contributed by atoms with Crippen molar-refractivity contribution in [1.29, 1.82) is 0 Å². The summed E-state index contributed by atoms with van der Waals surface area (Å²) in [5.74, 6) is -0.466. The number of amides is 1. The molecular weight excluding hydrogens is 234 g/mol. The quantitative estimate of drug-likeness (QED) is 0.718. The van der Waals surface area contributed by atoms with Crippen LogP contribution < -0.4 is 5.32 Å². The summed E-state index contributed by atoms with van der Waals surface area (Å²) >= 11 is 0. The van der Waals surface area contributed by atoms with E-state index in [4.69, 9.17) is 17.7 Å². The molecular formula is C13H25NO4. The molecule has 5 heteroatoms. The zero-order chi connectivity index (χ0) is 19.2. The highest BCUT2D eigenvalue weighted by molar-refractivity contribution is 5.67. The Kier molecular flexibility index (Phi) is 3.88. The Balaban J connectivity index is 4.80. The predicted octanol–water partition coefficient (Wildman–Crippen LogP) is 2.49. The molecule has 1 amide bonds. The Bertz CT molecular complexity index is 423. The lowest BCUT2D eigenvalue weighted by molar-refractivity contribution is -0.145. The highest BCUT2D eigenvalue weighted by Gasteiger charge is 2.27. The van der Waals surface area contributed by atoms with E-state index in [1.807, 2.05) is 12.2 Å². The summed E-state index contributed by atoms with van der Waals surface area (Å²) in [6.07, 6.45) is 0.197. The second-order valence-electron chi connectivity index (χ2n) is 4.49. The van der Waals surface area contributed by atoms with Crippen molar-refractivity contribution in [2.24, 2.45) is 5.41 Å². The summed E-state index contributed by atoms with van der Waals surface area (Å²) < 4.78 is 53.2. The van der Waals surface area contributed by atoms with Crippen LogP contribution in [-0.2, 0) is 14.3 Å². The van der Waals surface area contributed by atoms with Crippen molar-refractivity contribution in [3.05, 3.63) is 0 Å². The van der Waals surface area contributed by atoms with Gasteiger partial charge in [-0.25, -0.2) is 4.79 Å². The van der Waals surface area contributed by atoms with Crippen LogP contribution in [0.1, 0.15) is 55.5 Å². The number of carbonyl (C=O) groups is 2. The molecule has 0 aliphatic heterocycles. The maximum atomic E-state index is 11.8. The van der Waals surface area contributed by atoms with Gasteiger partial charge >= 0.3 is 12.1 Å².